The summed E-state index contributed by atoms with van der Waals surface area (Å²) in [6, 6.07) is 4.79. The normalized spacial score (nSPS) is 11.6. The van der Waals surface area contributed by atoms with Gasteiger partial charge < -0.3 is 10.3 Å². The summed E-state index contributed by atoms with van der Waals surface area (Å²) in [6.07, 6.45) is -1.12. The smallest absolute Gasteiger partial charge is 0.295 e. The SMILES string of the molecule is CC(C)c1ncc(C(=O)Nc2ccc3nc(C(F)F)[nH]c3c2)s1. The molecule has 3 rings (SSSR count). The fourth-order valence-electron chi connectivity index (χ4n) is 2.06. The number of H-pyrrole nitrogens is 1. The van der Waals surface area contributed by atoms with Crippen molar-refractivity contribution in [3.05, 3.63) is 40.1 Å². The van der Waals surface area contributed by atoms with E-state index >= 15 is 0 Å². The lowest BCUT2D eigenvalue weighted by molar-refractivity contribution is 0.103. The van der Waals surface area contributed by atoms with Crippen LogP contribution in [-0.2, 0) is 0 Å². The molecular weight excluding hydrogens is 322 g/mol. The Kier molecular flexibility index (Phi) is 4.08. The Morgan fingerprint density at radius 2 is 2.13 bits per heavy atom. The number of alkyl halides is 2. The van der Waals surface area contributed by atoms with Crippen LogP contribution in [0.25, 0.3) is 11.0 Å². The average Bonchev–Trinajstić information content (AvgIpc) is 3.13. The topological polar surface area (TPSA) is 70.7 Å². The number of thiazole rings is 1. The van der Waals surface area contributed by atoms with Crippen LogP contribution in [-0.4, -0.2) is 20.9 Å². The number of nitrogens with one attached hydrogen (secondary N) is 2. The number of carbonyl (C=O) groups excluding carboxylic acids is 1. The molecule has 0 saturated carbocycles. The second kappa shape index (κ2) is 6.04. The third-order valence-corrected chi connectivity index (χ3v) is 4.50. The van der Waals surface area contributed by atoms with E-state index in [1.807, 2.05) is 13.8 Å². The highest BCUT2D eigenvalue weighted by atomic mass is 32.1. The van der Waals surface area contributed by atoms with Crippen molar-refractivity contribution in [2.24, 2.45) is 0 Å². The van der Waals surface area contributed by atoms with E-state index in [-0.39, 0.29) is 17.6 Å². The Balaban J connectivity index is 1.81. The lowest BCUT2D eigenvalue weighted by Gasteiger charge is -2.03. The van der Waals surface area contributed by atoms with Gasteiger partial charge in [-0.25, -0.2) is 18.7 Å². The zero-order chi connectivity index (χ0) is 16.6. The number of amides is 1. The molecule has 1 aromatic carbocycles. The van der Waals surface area contributed by atoms with E-state index in [1.165, 1.54) is 11.3 Å². The summed E-state index contributed by atoms with van der Waals surface area (Å²) in [5.41, 5.74) is 1.38. The third-order valence-electron chi connectivity index (χ3n) is 3.21. The number of imidazole rings is 1. The molecule has 0 aliphatic carbocycles. The molecule has 0 spiro atoms. The van der Waals surface area contributed by atoms with Crippen LogP contribution >= 0.6 is 11.3 Å². The Bertz CT molecular complexity index is 856. The number of carbonyl (C=O) groups is 1. The predicted molar refractivity (Wildman–Crippen MR) is 85.2 cm³/mol. The first-order chi connectivity index (χ1) is 10.9. The van der Waals surface area contributed by atoms with Crippen LogP contribution < -0.4 is 5.32 Å². The lowest BCUT2D eigenvalue weighted by Crippen LogP contribution is -2.09. The first kappa shape index (κ1) is 15.5. The third kappa shape index (κ3) is 3.21. The van der Waals surface area contributed by atoms with Crippen LogP contribution in [0.15, 0.2) is 24.4 Å². The van der Waals surface area contributed by atoms with Crippen molar-refractivity contribution < 1.29 is 13.6 Å². The van der Waals surface area contributed by atoms with E-state index in [0.29, 0.717) is 21.6 Å². The maximum absolute atomic E-state index is 12.6. The molecule has 0 aliphatic heterocycles. The van der Waals surface area contributed by atoms with Crippen LogP contribution in [0.1, 0.15) is 46.7 Å². The van der Waals surface area contributed by atoms with Crippen molar-refractivity contribution >= 4 is 34.0 Å². The number of aromatic nitrogens is 3. The van der Waals surface area contributed by atoms with Gasteiger partial charge in [-0.1, -0.05) is 13.8 Å². The Morgan fingerprint density at radius 1 is 1.35 bits per heavy atom. The summed E-state index contributed by atoms with van der Waals surface area (Å²) < 4.78 is 25.3. The molecule has 0 atom stereocenters. The average molecular weight is 336 g/mol. The van der Waals surface area contributed by atoms with E-state index in [9.17, 15) is 13.6 Å². The first-order valence-corrected chi connectivity index (χ1v) is 7.80. The molecule has 0 bridgehead atoms. The van der Waals surface area contributed by atoms with Gasteiger partial charge in [0.25, 0.3) is 12.3 Å². The highest BCUT2D eigenvalue weighted by Gasteiger charge is 2.15. The van der Waals surface area contributed by atoms with Gasteiger partial charge in [-0.3, -0.25) is 4.79 Å². The van der Waals surface area contributed by atoms with Crippen molar-refractivity contribution in [3.8, 4) is 0 Å². The summed E-state index contributed by atoms with van der Waals surface area (Å²) in [6.45, 7) is 4.01. The van der Waals surface area contributed by atoms with Crippen molar-refractivity contribution in [2.45, 2.75) is 26.2 Å². The molecule has 3 aromatic rings. The number of hydrogen-bond acceptors (Lipinski definition) is 4. The second-order valence-electron chi connectivity index (χ2n) is 5.33. The summed E-state index contributed by atoms with van der Waals surface area (Å²) in [7, 11) is 0. The highest BCUT2D eigenvalue weighted by Crippen LogP contribution is 2.24. The summed E-state index contributed by atoms with van der Waals surface area (Å²) >= 11 is 1.34. The number of rotatable bonds is 4. The molecule has 0 saturated heterocycles. The first-order valence-electron chi connectivity index (χ1n) is 6.99. The van der Waals surface area contributed by atoms with E-state index < -0.39 is 6.43 Å². The second-order valence-corrected chi connectivity index (χ2v) is 6.39. The fraction of sp³-hybridized carbons (Fsp3) is 0.267. The van der Waals surface area contributed by atoms with Crippen LogP contribution in [0.3, 0.4) is 0 Å². The van der Waals surface area contributed by atoms with Crippen LogP contribution in [0.4, 0.5) is 14.5 Å². The van der Waals surface area contributed by atoms with Gasteiger partial charge in [0.1, 0.15) is 4.88 Å². The van der Waals surface area contributed by atoms with Crippen LogP contribution in [0.2, 0.25) is 0 Å². The molecule has 8 heteroatoms. The van der Waals surface area contributed by atoms with Crippen molar-refractivity contribution in [1.82, 2.24) is 15.0 Å². The molecule has 120 valence electrons. The number of halogens is 2. The number of anilines is 1. The predicted octanol–water partition coefficient (Wildman–Crippen LogP) is 4.33. The Morgan fingerprint density at radius 3 is 2.78 bits per heavy atom. The van der Waals surface area contributed by atoms with Gasteiger partial charge in [0, 0.05) is 11.6 Å². The molecule has 23 heavy (non-hydrogen) atoms. The Labute approximate surface area is 134 Å². The quantitative estimate of drug-likeness (QED) is 0.745. The number of nitrogens with zero attached hydrogens (tertiary/aromatic N) is 2. The summed E-state index contributed by atoms with van der Waals surface area (Å²) in [5.74, 6) is -0.398. The monoisotopic (exact) mass is 336 g/mol. The molecule has 0 unspecified atom stereocenters. The lowest BCUT2D eigenvalue weighted by atomic mass is 10.2. The number of benzene rings is 1. The number of hydrogen-bond donors (Lipinski definition) is 2. The summed E-state index contributed by atoms with van der Waals surface area (Å²) in [4.78, 5) is 23.3. The van der Waals surface area contributed by atoms with Crippen LogP contribution in [0.5, 0.6) is 0 Å². The minimum Gasteiger partial charge on any atom is -0.337 e. The van der Waals surface area contributed by atoms with Crippen molar-refractivity contribution in [2.75, 3.05) is 5.32 Å². The standard InChI is InChI=1S/C15H14F2N4OS/c1-7(2)15-18-6-11(23-15)14(22)19-8-3-4-9-10(5-8)21-13(20-9)12(16)17/h3-7,12H,1-2H3,(H,19,22)(H,20,21). The van der Waals surface area contributed by atoms with E-state index in [4.69, 9.17) is 0 Å². The molecule has 0 aliphatic rings. The minimum absolute atomic E-state index is 0.260. The molecular formula is C15H14F2N4OS. The zero-order valence-corrected chi connectivity index (χ0v) is 13.2. The molecule has 2 aromatic heterocycles. The number of fused-ring (bicyclic) bond motifs is 1. The van der Waals surface area contributed by atoms with Gasteiger partial charge in [0.2, 0.25) is 0 Å². The van der Waals surface area contributed by atoms with Gasteiger partial charge in [-0.15, -0.1) is 11.3 Å². The van der Waals surface area contributed by atoms with Gasteiger partial charge in [-0.2, -0.15) is 0 Å². The number of aromatic amines is 1. The van der Waals surface area contributed by atoms with Gasteiger partial charge in [0.15, 0.2) is 5.82 Å². The summed E-state index contributed by atoms with van der Waals surface area (Å²) in [5, 5.41) is 3.63. The van der Waals surface area contributed by atoms with E-state index in [0.717, 1.165) is 5.01 Å². The van der Waals surface area contributed by atoms with Gasteiger partial charge in [0.05, 0.1) is 22.2 Å². The minimum atomic E-state index is -2.66. The molecule has 5 nitrogen and oxygen atoms in total. The van der Waals surface area contributed by atoms with Crippen LogP contribution in [0, 0.1) is 0 Å². The van der Waals surface area contributed by atoms with Crippen molar-refractivity contribution in [1.29, 1.82) is 0 Å². The molecule has 0 fully saturated rings. The highest BCUT2D eigenvalue weighted by molar-refractivity contribution is 7.13. The van der Waals surface area contributed by atoms with Gasteiger partial charge in [-0.05, 0) is 18.2 Å². The maximum atomic E-state index is 12.6. The zero-order valence-electron chi connectivity index (χ0n) is 12.4. The maximum Gasteiger partial charge on any atom is 0.295 e. The van der Waals surface area contributed by atoms with E-state index in [1.54, 1.807) is 24.4 Å². The largest absolute Gasteiger partial charge is 0.337 e. The molecule has 2 heterocycles. The van der Waals surface area contributed by atoms with Gasteiger partial charge >= 0.3 is 0 Å². The molecule has 1 amide bonds. The Hall–Kier alpha value is -2.35. The van der Waals surface area contributed by atoms with Crippen molar-refractivity contribution in [3.63, 3.8) is 0 Å². The van der Waals surface area contributed by atoms with E-state index in [2.05, 4.69) is 20.3 Å². The molecule has 2 N–H and O–H groups in total. The fourth-order valence-corrected chi connectivity index (χ4v) is 2.88. The molecule has 0 radical (unpaired) electrons.